The van der Waals surface area contributed by atoms with Gasteiger partial charge in [0.1, 0.15) is 0 Å². The maximum atomic E-state index is 5.87. The van der Waals surface area contributed by atoms with Gasteiger partial charge in [0.25, 0.3) is 0 Å². The zero-order chi connectivity index (χ0) is 12.6. The molecule has 0 amide bonds. The fourth-order valence-electron chi connectivity index (χ4n) is 2.70. The lowest BCUT2D eigenvalue weighted by molar-refractivity contribution is 0.0590. The number of nitrogens with one attached hydrogen (secondary N) is 1. The lowest BCUT2D eigenvalue weighted by Crippen LogP contribution is -2.26. The van der Waals surface area contributed by atoms with E-state index in [1.165, 1.54) is 31.2 Å². The summed E-state index contributed by atoms with van der Waals surface area (Å²) < 4.78 is 5.87. The minimum atomic E-state index is 0.457. The quantitative estimate of drug-likeness (QED) is 0.742. The Hall–Kier alpha value is -0.860. The van der Waals surface area contributed by atoms with Crippen LogP contribution in [-0.2, 0) is 4.74 Å². The first-order valence-corrected chi connectivity index (χ1v) is 7.30. The van der Waals surface area contributed by atoms with Crippen LogP contribution in [0.25, 0.3) is 0 Å². The van der Waals surface area contributed by atoms with Crippen LogP contribution in [0, 0.1) is 0 Å². The van der Waals surface area contributed by atoms with E-state index in [0.717, 1.165) is 19.6 Å². The van der Waals surface area contributed by atoms with Gasteiger partial charge in [0.15, 0.2) is 0 Å². The second kappa shape index (κ2) is 7.55. The van der Waals surface area contributed by atoms with Crippen LogP contribution in [-0.4, -0.2) is 19.3 Å². The molecule has 1 aromatic rings. The summed E-state index contributed by atoms with van der Waals surface area (Å²) in [6.07, 6.45) is 6.86. The summed E-state index contributed by atoms with van der Waals surface area (Å²) in [6, 6.07) is 11.1. The molecule has 0 aromatic heterocycles. The van der Waals surface area contributed by atoms with Crippen LogP contribution < -0.4 is 5.32 Å². The Kier molecular flexibility index (Phi) is 5.69. The molecule has 0 aliphatic heterocycles. The average molecular weight is 247 g/mol. The van der Waals surface area contributed by atoms with Crippen molar-refractivity contribution >= 4 is 0 Å². The maximum Gasteiger partial charge on any atom is 0.0594 e. The van der Waals surface area contributed by atoms with E-state index in [-0.39, 0.29) is 0 Å². The molecule has 1 atom stereocenters. The summed E-state index contributed by atoms with van der Waals surface area (Å²) in [7, 11) is 0. The fraction of sp³-hybridized carbons (Fsp3) is 0.625. The van der Waals surface area contributed by atoms with Gasteiger partial charge in [0, 0.05) is 12.6 Å². The van der Waals surface area contributed by atoms with Crippen LogP contribution in [0.4, 0.5) is 0 Å². The van der Waals surface area contributed by atoms with Crippen molar-refractivity contribution in [3.63, 3.8) is 0 Å². The van der Waals surface area contributed by atoms with Crippen LogP contribution in [0.15, 0.2) is 30.3 Å². The van der Waals surface area contributed by atoms with Crippen molar-refractivity contribution in [1.29, 1.82) is 0 Å². The molecule has 0 heterocycles. The molecule has 18 heavy (non-hydrogen) atoms. The van der Waals surface area contributed by atoms with Gasteiger partial charge in [-0.1, -0.05) is 50.1 Å². The highest BCUT2D eigenvalue weighted by molar-refractivity contribution is 5.18. The van der Waals surface area contributed by atoms with Crippen molar-refractivity contribution in [3.05, 3.63) is 35.9 Å². The largest absolute Gasteiger partial charge is 0.377 e. The predicted octanol–water partition coefficient (Wildman–Crippen LogP) is 3.69. The van der Waals surface area contributed by atoms with Gasteiger partial charge in [-0.15, -0.1) is 0 Å². The zero-order valence-electron chi connectivity index (χ0n) is 11.4. The summed E-state index contributed by atoms with van der Waals surface area (Å²) >= 11 is 0. The summed E-state index contributed by atoms with van der Waals surface area (Å²) in [5.41, 5.74) is 1.38. The number of rotatable bonds is 7. The van der Waals surface area contributed by atoms with E-state index in [1.54, 1.807) is 0 Å². The smallest absolute Gasteiger partial charge is 0.0594 e. The minimum Gasteiger partial charge on any atom is -0.377 e. The molecule has 1 N–H and O–H groups in total. The Labute approximate surface area is 111 Å². The van der Waals surface area contributed by atoms with Crippen molar-refractivity contribution in [2.75, 3.05) is 13.2 Å². The van der Waals surface area contributed by atoms with Crippen LogP contribution in [0.2, 0.25) is 0 Å². The topological polar surface area (TPSA) is 21.3 Å². The van der Waals surface area contributed by atoms with Gasteiger partial charge in [0.05, 0.1) is 12.7 Å². The molecule has 1 aliphatic rings. The molecule has 0 bridgehead atoms. The number of hydrogen-bond donors (Lipinski definition) is 1. The van der Waals surface area contributed by atoms with Crippen molar-refractivity contribution in [2.45, 2.75) is 51.2 Å². The molecule has 1 saturated carbocycles. The standard InChI is InChI=1S/C16H25NO/c1-2-16(14-8-4-3-5-9-14)17-12-13-18-15-10-6-7-11-15/h3-5,8-9,15-17H,2,6-7,10-13H2,1H3. The Morgan fingerprint density at radius 3 is 2.61 bits per heavy atom. The zero-order valence-corrected chi connectivity index (χ0v) is 11.4. The Morgan fingerprint density at radius 2 is 1.94 bits per heavy atom. The molecular weight excluding hydrogens is 222 g/mol. The van der Waals surface area contributed by atoms with Gasteiger partial charge in [-0.2, -0.15) is 0 Å². The first kappa shape index (κ1) is 13.6. The predicted molar refractivity (Wildman–Crippen MR) is 75.7 cm³/mol. The summed E-state index contributed by atoms with van der Waals surface area (Å²) in [5.74, 6) is 0. The van der Waals surface area contributed by atoms with Crippen LogP contribution >= 0.6 is 0 Å². The van der Waals surface area contributed by atoms with E-state index < -0.39 is 0 Å². The number of ether oxygens (including phenoxy) is 1. The van der Waals surface area contributed by atoms with Gasteiger partial charge in [0.2, 0.25) is 0 Å². The summed E-state index contributed by atoms with van der Waals surface area (Å²) in [6.45, 7) is 4.01. The Balaban J connectivity index is 1.67. The van der Waals surface area contributed by atoms with E-state index in [2.05, 4.69) is 42.6 Å². The Bertz CT molecular complexity index is 319. The molecule has 1 unspecified atom stereocenters. The first-order valence-electron chi connectivity index (χ1n) is 7.30. The third-order valence-corrected chi connectivity index (χ3v) is 3.76. The van der Waals surface area contributed by atoms with Crippen molar-refractivity contribution in [2.24, 2.45) is 0 Å². The van der Waals surface area contributed by atoms with Crippen LogP contribution in [0.3, 0.4) is 0 Å². The highest BCUT2D eigenvalue weighted by Gasteiger charge is 2.15. The number of benzene rings is 1. The Morgan fingerprint density at radius 1 is 1.22 bits per heavy atom. The van der Waals surface area contributed by atoms with Gasteiger partial charge in [-0.3, -0.25) is 0 Å². The molecule has 2 rings (SSSR count). The molecule has 0 saturated heterocycles. The third kappa shape index (κ3) is 4.11. The van der Waals surface area contributed by atoms with Gasteiger partial charge >= 0.3 is 0 Å². The molecule has 2 nitrogen and oxygen atoms in total. The summed E-state index contributed by atoms with van der Waals surface area (Å²) in [4.78, 5) is 0. The highest BCUT2D eigenvalue weighted by Crippen LogP contribution is 2.20. The highest BCUT2D eigenvalue weighted by atomic mass is 16.5. The van der Waals surface area contributed by atoms with E-state index in [0.29, 0.717) is 12.1 Å². The van der Waals surface area contributed by atoms with E-state index in [4.69, 9.17) is 4.74 Å². The van der Waals surface area contributed by atoms with Crippen LogP contribution in [0.1, 0.15) is 50.6 Å². The molecule has 100 valence electrons. The molecule has 2 heteroatoms. The first-order chi connectivity index (χ1) is 8.90. The second-order valence-electron chi connectivity index (χ2n) is 5.10. The lowest BCUT2D eigenvalue weighted by Gasteiger charge is -2.18. The van der Waals surface area contributed by atoms with E-state index in [1.807, 2.05) is 0 Å². The second-order valence-corrected chi connectivity index (χ2v) is 5.10. The van der Waals surface area contributed by atoms with Crippen molar-refractivity contribution < 1.29 is 4.74 Å². The minimum absolute atomic E-state index is 0.457. The van der Waals surface area contributed by atoms with Gasteiger partial charge in [-0.05, 0) is 24.8 Å². The molecule has 1 aliphatic carbocycles. The van der Waals surface area contributed by atoms with E-state index in [9.17, 15) is 0 Å². The fourth-order valence-corrected chi connectivity index (χ4v) is 2.70. The maximum absolute atomic E-state index is 5.87. The average Bonchev–Trinajstić information content (AvgIpc) is 2.93. The molecule has 0 radical (unpaired) electrons. The molecule has 1 aromatic carbocycles. The lowest BCUT2D eigenvalue weighted by atomic mass is 10.1. The van der Waals surface area contributed by atoms with Crippen molar-refractivity contribution in [3.8, 4) is 0 Å². The molecule has 0 spiro atoms. The van der Waals surface area contributed by atoms with Crippen LogP contribution in [0.5, 0.6) is 0 Å². The summed E-state index contributed by atoms with van der Waals surface area (Å²) in [5, 5.41) is 3.58. The monoisotopic (exact) mass is 247 g/mol. The van der Waals surface area contributed by atoms with Crippen molar-refractivity contribution in [1.82, 2.24) is 5.32 Å². The van der Waals surface area contributed by atoms with Gasteiger partial charge in [-0.25, -0.2) is 0 Å². The van der Waals surface area contributed by atoms with E-state index >= 15 is 0 Å². The SMILES string of the molecule is CCC(NCCOC1CCCC1)c1ccccc1. The number of hydrogen-bond acceptors (Lipinski definition) is 2. The van der Waals surface area contributed by atoms with Gasteiger partial charge < -0.3 is 10.1 Å². The normalized spacial score (nSPS) is 18.1. The molecule has 1 fully saturated rings. The molecular formula is C16H25NO. The third-order valence-electron chi connectivity index (χ3n) is 3.76.